The van der Waals surface area contributed by atoms with E-state index in [1.165, 1.54) is 0 Å². The summed E-state index contributed by atoms with van der Waals surface area (Å²) in [6, 6.07) is 1.92. The van der Waals surface area contributed by atoms with Crippen LogP contribution in [-0.2, 0) is 6.54 Å². The van der Waals surface area contributed by atoms with Gasteiger partial charge in [-0.1, -0.05) is 52.4 Å². The Bertz CT molecular complexity index is 601. The van der Waals surface area contributed by atoms with Gasteiger partial charge in [-0.15, -0.1) is 0 Å². The van der Waals surface area contributed by atoms with Crippen LogP contribution in [0, 0.1) is 0 Å². The van der Waals surface area contributed by atoms with Crippen molar-refractivity contribution in [1.29, 1.82) is 0 Å². The number of rotatable bonds is 4. The third kappa shape index (κ3) is 3.08. The van der Waals surface area contributed by atoms with Crippen LogP contribution in [0.15, 0.2) is 12.3 Å². The van der Waals surface area contributed by atoms with Crippen LogP contribution in [-0.4, -0.2) is 22.8 Å². The molecule has 0 radical (unpaired) electrons. The Balaban J connectivity index is 2.53. The van der Waals surface area contributed by atoms with Crippen LogP contribution in [0.3, 0.4) is 0 Å². The number of hydrogen-bond donors (Lipinski definition) is 1. The van der Waals surface area contributed by atoms with E-state index >= 15 is 0 Å². The molecule has 0 saturated carbocycles. The molecule has 2 rings (SSSR count). The highest BCUT2D eigenvalue weighted by Crippen LogP contribution is 2.37. The van der Waals surface area contributed by atoms with E-state index in [2.05, 4.69) is 60.3 Å². The maximum Gasteiger partial charge on any atom is 0.197 e. The average molecular weight is 325 g/mol. The lowest BCUT2D eigenvalue weighted by Gasteiger charge is -2.38. The Morgan fingerprint density at radius 1 is 1.33 bits per heavy atom. The number of fused-ring (bicyclic) bond motifs is 1. The summed E-state index contributed by atoms with van der Waals surface area (Å²) in [5.41, 5.74) is 0.922. The molecule has 0 atom stereocenters. The Kier molecular flexibility index (Phi) is 4.35. The first kappa shape index (κ1) is 16.3. The highest BCUT2D eigenvalue weighted by Gasteiger charge is 2.37. The smallest absolute Gasteiger partial charge is 0.197 e. The van der Waals surface area contributed by atoms with Crippen molar-refractivity contribution >= 4 is 25.8 Å². The zero-order valence-corrected chi connectivity index (χ0v) is 15.5. The second-order valence-electron chi connectivity index (χ2n) is 7.06. The van der Waals surface area contributed by atoms with Crippen LogP contribution in [0.2, 0.25) is 23.3 Å². The zero-order valence-electron chi connectivity index (χ0n) is 13.8. The van der Waals surface area contributed by atoms with Gasteiger partial charge in [0.2, 0.25) is 0 Å². The molecule has 0 bridgehead atoms. The van der Waals surface area contributed by atoms with E-state index in [0.717, 1.165) is 30.3 Å². The van der Waals surface area contributed by atoms with Gasteiger partial charge in [-0.05, 0) is 17.5 Å². The summed E-state index contributed by atoms with van der Waals surface area (Å²) in [7, 11) is -1.72. The van der Waals surface area contributed by atoms with E-state index in [1.54, 1.807) is 6.20 Å². The molecule has 1 N–H and O–H groups in total. The molecule has 4 nitrogen and oxygen atoms in total. The lowest BCUT2D eigenvalue weighted by Crippen LogP contribution is -2.47. The van der Waals surface area contributed by atoms with Gasteiger partial charge in [0.15, 0.2) is 14.2 Å². The predicted molar refractivity (Wildman–Crippen MR) is 92.8 cm³/mol. The van der Waals surface area contributed by atoms with Crippen molar-refractivity contribution in [3.8, 4) is 11.4 Å². The maximum atomic E-state index is 6.33. The molecule has 0 fully saturated rings. The molecule has 0 aromatic rings. The van der Waals surface area contributed by atoms with Gasteiger partial charge in [0.05, 0.1) is 5.56 Å². The Hall–Kier alpha value is -1.07. The standard InChI is InChI=1S/C15H25ClN4Si/c1-7-10-20-13-11(8-9-17-13)12(16)18-14(20)19-21(5,6)15(2,3)4/h8-9H,7,10H2,1-6H3,(H,18,19). The molecule has 0 saturated heterocycles. The molecule has 2 aliphatic rings. The number of halogens is 1. The van der Waals surface area contributed by atoms with Crippen molar-refractivity contribution in [2.75, 3.05) is 4.98 Å². The van der Waals surface area contributed by atoms with Crippen molar-refractivity contribution < 1.29 is 0 Å². The predicted octanol–water partition coefficient (Wildman–Crippen LogP) is 4.86. The molecule has 2 aliphatic heterocycles. The molecule has 0 unspecified atom stereocenters. The van der Waals surface area contributed by atoms with Crippen LogP contribution >= 0.6 is 11.6 Å². The summed E-state index contributed by atoms with van der Waals surface area (Å²) in [5.74, 6) is 1.76. The van der Waals surface area contributed by atoms with E-state index in [9.17, 15) is 0 Å². The van der Waals surface area contributed by atoms with Crippen molar-refractivity contribution in [3.63, 3.8) is 0 Å². The Morgan fingerprint density at radius 2 is 2.00 bits per heavy atom. The Labute approximate surface area is 133 Å². The van der Waals surface area contributed by atoms with Gasteiger partial charge in [0, 0.05) is 12.7 Å². The summed E-state index contributed by atoms with van der Waals surface area (Å²) in [6.07, 6.45) is 2.82. The molecule has 0 aromatic heterocycles. The molecular weight excluding hydrogens is 300 g/mol. The normalized spacial score (nSPS) is 12.9. The van der Waals surface area contributed by atoms with Crippen molar-refractivity contribution in [2.45, 2.75) is 58.8 Å². The minimum atomic E-state index is -1.72. The van der Waals surface area contributed by atoms with E-state index in [-0.39, 0.29) is 5.04 Å². The highest BCUT2D eigenvalue weighted by molar-refractivity contribution is 6.82. The summed E-state index contributed by atoms with van der Waals surface area (Å²) < 4.78 is 2.15. The van der Waals surface area contributed by atoms with Crippen LogP contribution in [0.1, 0.15) is 34.1 Å². The summed E-state index contributed by atoms with van der Waals surface area (Å²) in [6.45, 7) is 14.5. The van der Waals surface area contributed by atoms with Gasteiger partial charge in [0.25, 0.3) is 0 Å². The number of nitrogens with one attached hydrogen (secondary N) is 1. The van der Waals surface area contributed by atoms with Gasteiger partial charge >= 0.3 is 0 Å². The number of hydrogen-bond acceptors (Lipinski definition) is 3. The third-order valence-corrected chi connectivity index (χ3v) is 9.25. The number of aromatic nitrogens is 3. The van der Waals surface area contributed by atoms with Crippen LogP contribution in [0.25, 0.3) is 11.4 Å². The molecule has 6 heteroatoms. The van der Waals surface area contributed by atoms with Crippen molar-refractivity contribution in [1.82, 2.24) is 14.5 Å². The minimum absolute atomic E-state index is 0.222. The van der Waals surface area contributed by atoms with E-state index < -0.39 is 8.24 Å². The summed E-state index contributed by atoms with van der Waals surface area (Å²) in [5, 5.41) is 0.746. The van der Waals surface area contributed by atoms with E-state index in [4.69, 9.17) is 11.6 Å². The van der Waals surface area contributed by atoms with Gasteiger partial charge in [-0.3, -0.25) is 4.57 Å². The van der Waals surface area contributed by atoms with Gasteiger partial charge in [-0.2, -0.15) is 0 Å². The summed E-state index contributed by atoms with van der Waals surface area (Å²) >= 11 is 6.33. The highest BCUT2D eigenvalue weighted by atomic mass is 35.5. The first-order chi connectivity index (χ1) is 9.67. The second-order valence-corrected chi connectivity index (χ2v) is 12.4. The molecule has 2 heterocycles. The third-order valence-electron chi connectivity index (χ3n) is 4.36. The van der Waals surface area contributed by atoms with E-state index in [0.29, 0.717) is 5.15 Å². The molecule has 0 aliphatic carbocycles. The maximum absolute atomic E-state index is 6.33. The van der Waals surface area contributed by atoms with Gasteiger partial charge < -0.3 is 4.98 Å². The fourth-order valence-electron chi connectivity index (χ4n) is 2.01. The fraction of sp³-hybridized carbons (Fsp3) is 0.600. The topological polar surface area (TPSA) is 42.7 Å². The van der Waals surface area contributed by atoms with Crippen LogP contribution in [0.4, 0.5) is 5.95 Å². The lowest BCUT2D eigenvalue weighted by atomic mass is 10.2. The molecule has 116 valence electrons. The summed E-state index contributed by atoms with van der Waals surface area (Å²) in [4.78, 5) is 12.8. The lowest BCUT2D eigenvalue weighted by molar-refractivity contribution is 0.666. The first-order valence-corrected chi connectivity index (χ1v) is 10.8. The zero-order chi connectivity index (χ0) is 15.8. The van der Waals surface area contributed by atoms with E-state index in [1.807, 2.05) is 6.07 Å². The van der Waals surface area contributed by atoms with Crippen molar-refractivity contribution in [2.24, 2.45) is 0 Å². The quantitative estimate of drug-likeness (QED) is 0.645. The molecule has 21 heavy (non-hydrogen) atoms. The largest absolute Gasteiger partial charge is 0.381 e. The van der Waals surface area contributed by atoms with Gasteiger partial charge in [-0.25, -0.2) is 9.97 Å². The second kappa shape index (κ2) is 5.61. The number of nitrogens with zero attached hydrogens (tertiary/aromatic N) is 3. The first-order valence-electron chi connectivity index (χ1n) is 7.46. The average Bonchev–Trinajstić information content (AvgIpc) is 2.81. The van der Waals surface area contributed by atoms with Crippen molar-refractivity contribution in [3.05, 3.63) is 17.4 Å². The number of anilines is 1. The SMILES string of the molecule is CCCn1c(N[Si](C)(C)C(C)(C)C)nc(Cl)c2ccnc1-2. The molecule has 0 aromatic carbocycles. The molecule has 0 spiro atoms. The monoisotopic (exact) mass is 324 g/mol. The van der Waals surface area contributed by atoms with Crippen LogP contribution < -0.4 is 4.98 Å². The minimum Gasteiger partial charge on any atom is -0.381 e. The molecular formula is C15H25ClN4Si. The molecule has 0 amide bonds. The van der Waals surface area contributed by atoms with Crippen LogP contribution in [0.5, 0.6) is 0 Å². The Morgan fingerprint density at radius 3 is 2.57 bits per heavy atom. The fourth-order valence-corrected chi connectivity index (χ4v) is 3.37. The van der Waals surface area contributed by atoms with Gasteiger partial charge in [0.1, 0.15) is 11.0 Å².